The highest BCUT2D eigenvalue weighted by atomic mass is 32.1. The van der Waals surface area contributed by atoms with Gasteiger partial charge in [0, 0.05) is 6.42 Å². The summed E-state index contributed by atoms with van der Waals surface area (Å²) >= 11 is 1.53. The summed E-state index contributed by atoms with van der Waals surface area (Å²) in [6.45, 7) is 2.46. The summed E-state index contributed by atoms with van der Waals surface area (Å²) in [7, 11) is 0. The van der Waals surface area contributed by atoms with E-state index in [2.05, 4.69) is 15.1 Å². The minimum absolute atomic E-state index is 0.527. The van der Waals surface area contributed by atoms with Gasteiger partial charge in [-0.25, -0.2) is 4.98 Å². The molecule has 0 atom stereocenters. The first kappa shape index (κ1) is 9.29. The lowest BCUT2D eigenvalue weighted by atomic mass is 10.4. The van der Waals surface area contributed by atoms with Gasteiger partial charge in [0.2, 0.25) is 0 Å². The van der Waals surface area contributed by atoms with Crippen LogP contribution >= 0.6 is 11.3 Å². The van der Waals surface area contributed by atoms with Crippen molar-refractivity contribution in [2.24, 2.45) is 5.73 Å². The standard InChI is InChI=1S/C8H10N4OS/c1-5-10-4-6(14-5)8-11-7(2-3-9)12-13-8/h4H,2-3,9H2,1H3. The van der Waals surface area contributed by atoms with Crippen LogP contribution in [0.1, 0.15) is 10.8 Å². The molecule has 0 aliphatic heterocycles. The maximum Gasteiger partial charge on any atom is 0.269 e. The summed E-state index contributed by atoms with van der Waals surface area (Å²) in [4.78, 5) is 9.21. The average Bonchev–Trinajstić information content (AvgIpc) is 2.74. The van der Waals surface area contributed by atoms with Gasteiger partial charge in [-0.1, -0.05) is 5.16 Å². The molecule has 0 aromatic carbocycles. The Morgan fingerprint density at radius 3 is 3.07 bits per heavy atom. The van der Waals surface area contributed by atoms with Crippen molar-refractivity contribution in [1.82, 2.24) is 15.1 Å². The molecular weight excluding hydrogens is 200 g/mol. The maximum atomic E-state index is 5.38. The van der Waals surface area contributed by atoms with Crippen molar-refractivity contribution in [3.8, 4) is 10.8 Å². The molecule has 14 heavy (non-hydrogen) atoms. The van der Waals surface area contributed by atoms with Crippen molar-refractivity contribution in [1.29, 1.82) is 0 Å². The quantitative estimate of drug-likeness (QED) is 0.817. The molecule has 0 radical (unpaired) electrons. The Balaban J connectivity index is 2.24. The molecule has 0 amide bonds. The van der Waals surface area contributed by atoms with Gasteiger partial charge in [0.25, 0.3) is 5.89 Å². The minimum Gasteiger partial charge on any atom is -0.333 e. The van der Waals surface area contributed by atoms with Crippen LogP contribution in [-0.2, 0) is 6.42 Å². The van der Waals surface area contributed by atoms with Gasteiger partial charge < -0.3 is 10.3 Å². The predicted molar refractivity (Wildman–Crippen MR) is 52.9 cm³/mol. The largest absolute Gasteiger partial charge is 0.333 e. The smallest absolute Gasteiger partial charge is 0.269 e. The number of nitrogens with zero attached hydrogens (tertiary/aromatic N) is 3. The van der Waals surface area contributed by atoms with Crippen LogP contribution in [0.4, 0.5) is 0 Å². The highest BCUT2D eigenvalue weighted by Gasteiger charge is 2.10. The molecule has 0 fully saturated rings. The highest BCUT2D eigenvalue weighted by Crippen LogP contribution is 2.23. The van der Waals surface area contributed by atoms with Gasteiger partial charge in [-0.05, 0) is 13.5 Å². The van der Waals surface area contributed by atoms with Crippen molar-refractivity contribution < 1.29 is 4.52 Å². The zero-order valence-electron chi connectivity index (χ0n) is 7.73. The fourth-order valence-electron chi connectivity index (χ4n) is 1.04. The van der Waals surface area contributed by atoms with E-state index in [0.29, 0.717) is 24.7 Å². The van der Waals surface area contributed by atoms with Gasteiger partial charge >= 0.3 is 0 Å². The molecule has 2 heterocycles. The molecule has 74 valence electrons. The molecule has 5 nitrogen and oxygen atoms in total. The van der Waals surface area contributed by atoms with E-state index in [1.807, 2.05) is 6.92 Å². The molecule has 2 N–H and O–H groups in total. The number of thiazole rings is 1. The average molecular weight is 210 g/mol. The molecule has 2 aromatic rings. The predicted octanol–water partition coefficient (Wildman–Crippen LogP) is 1.00. The van der Waals surface area contributed by atoms with Gasteiger partial charge in [-0.2, -0.15) is 4.98 Å². The van der Waals surface area contributed by atoms with Crippen molar-refractivity contribution in [2.45, 2.75) is 13.3 Å². The van der Waals surface area contributed by atoms with Crippen LogP contribution in [0.3, 0.4) is 0 Å². The summed E-state index contributed by atoms with van der Waals surface area (Å²) in [5.41, 5.74) is 5.38. The van der Waals surface area contributed by atoms with Gasteiger partial charge in [-0.3, -0.25) is 0 Å². The molecule has 0 aliphatic carbocycles. The third-order valence-electron chi connectivity index (χ3n) is 1.67. The van der Waals surface area contributed by atoms with E-state index >= 15 is 0 Å². The van der Waals surface area contributed by atoms with Gasteiger partial charge in [0.15, 0.2) is 5.82 Å². The number of hydrogen-bond donors (Lipinski definition) is 1. The summed E-state index contributed by atoms with van der Waals surface area (Å²) < 4.78 is 5.07. The number of rotatable bonds is 3. The lowest BCUT2D eigenvalue weighted by Crippen LogP contribution is -2.03. The molecule has 0 saturated carbocycles. The van der Waals surface area contributed by atoms with Gasteiger partial charge in [-0.15, -0.1) is 11.3 Å². The van der Waals surface area contributed by atoms with Crippen LogP contribution in [0.15, 0.2) is 10.7 Å². The minimum atomic E-state index is 0.527. The number of aromatic nitrogens is 3. The molecule has 0 saturated heterocycles. The lowest BCUT2D eigenvalue weighted by Gasteiger charge is -1.84. The molecule has 0 unspecified atom stereocenters. The molecule has 0 aliphatic rings. The summed E-state index contributed by atoms with van der Waals surface area (Å²) in [6.07, 6.45) is 2.38. The Labute approximate surface area is 85.0 Å². The SMILES string of the molecule is Cc1ncc(-c2nc(CCN)no2)s1. The van der Waals surface area contributed by atoms with Crippen LogP contribution in [0.25, 0.3) is 10.8 Å². The molecule has 2 aromatic heterocycles. The summed E-state index contributed by atoms with van der Waals surface area (Å²) in [5.74, 6) is 1.17. The normalized spacial score (nSPS) is 10.7. The Kier molecular flexibility index (Phi) is 2.55. The second kappa shape index (κ2) is 3.85. The first-order chi connectivity index (χ1) is 6.79. The highest BCUT2D eigenvalue weighted by molar-refractivity contribution is 7.14. The zero-order chi connectivity index (χ0) is 9.97. The van der Waals surface area contributed by atoms with Crippen molar-refractivity contribution in [2.75, 3.05) is 6.54 Å². The molecule has 0 bridgehead atoms. The first-order valence-electron chi connectivity index (χ1n) is 4.25. The monoisotopic (exact) mass is 210 g/mol. The Morgan fingerprint density at radius 1 is 1.57 bits per heavy atom. The second-order valence-electron chi connectivity index (χ2n) is 2.80. The van der Waals surface area contributed by atoms with E-state index < -0.39 is 0 Å². The van der Waals surface area contributed by atoms with Crippen LogP contribution in [0.2, 0.25) is 0 Å². The van der Waals surface area contributed by atoms with Crippen LogP contribution in [-0.4, -0.2) is 21.7 Å². The molecular formula is C8H10N4OS. The summed E-state index contributed by atoms with van der Waals surface area (Å²) in [6, 6.07) is 0. The Hall–Kier alpha value is -1.27. The zero-order valence-corrected chi connectivity index (χ0v) is 8.54. The molecule has 6 heteroatoms. The Bertz CT molecular complexity index is 422. The third kappa shape index (κ3) is 1.80. The van der Waals surface area contributed by atoms with E-state index in [9.17, 15) is 0 Å². The number of hydrogen-bond acceptors (Lipinski definition) is 6. The van der Waals surface area contributed by atoms with E-state index in [-0.39, 0.29) is 0 Å². The molecule has 2 rings (SSSR count). The third-order valence-corrected chi connectivity index (χ3v) is 2.57. The topological polar surface area (TPSA) is 77.8 Å². The van der Waals surface area contributed by atoms with Crippen molar-refractivity contribution in [3.05, 3.63) is 17.0 Å². The number of nitrogens with two attached hydrogens (primary N) is 1. The van der Waals surface area contributed by atoms with Crippen LogP contribution in [0.5, 0.6) is 0 Å². The van der Waals surface area contributed by atoms with Gasteiger partial charge in [0.05, 0.1) is 11.2 Å². The fraction of sp³-hybridized carbons (Fsp3) is 0.375. The van der Waals surface area contributed by atoms with Crippen molar-refractivity contribution in [3.63, 3.8) is 0 Å². The van der Waals surface area contributed by atoms with Crippen molar-refractivity contribution >= 4 is 11.3 Å². The van der Waals surface area contributed by atoms with E-state index in [1.54, 1.807) is 6.20 Å². The fourth-order valence-corrected chi connectivity index (χ4v) is 1.74. The van der Waals surface area contributed by atoms with E-state index in [1.165, 1.54) is 11.3 Å². The summed E-state index contributed by atoms with van der Waals surface area (Å²) in [5, 5.41) is 4.79. The Morgan fingerprint density at radius 2 is 2.43 bits per heavy atom. The molecule has 0 spiro atoms. The van der Waals surface area contributed by atoms with E-state index in [4.69, 9.17) is 10.3 Å². The maximum absolute atomic E-state index is 5.38. The van der Waals surface area contributed by atoms with Crippen LogP contribution < -0.4 is 5.73 Å². The lowest BCUT2D eigenvalue weighted by molar-refractivity contribution is 0.423. The van der Waals surface area contributed by atoms with Crippen LogP contribution in [0, 0.1) is 6.92 Å². The van der Waals surface area contributed by atoms with Gasteiger partial charge in [0.1, 0.15) is 4.88 Å². The second-order valence-corrected chi connectivity index (χ2v) is 4.03. The number of aryl methyl sites for hydroxylation is 1. The van der Waals surface area contributed by atoms with E-state index in [0.717, 1.165) is 9.88 Å². The first-order valence-corrected chi connectivity index (χ1v) is 5.06.